The minimum absolute atomic E-state index is 0.0879. The molecule has 3 heterocycles. The second-order valence-corrected chi connectivity index (χ2v) is 12.6. The Labute approximate surface area is 251 Å². The summed E-state index contributed by atoms with van der Waals surface area (Å²) in [6.45, 7) is 9.00. The van der Waals surface area contributed by atoms with Gasteiger partial charge in [0.2, 0.25) is 11.8 Å². The lowest BCUT2D eigenvalue weighted by Crippen LogP contribution is -2.60. The smallest absolute Gasteiger partial charge is 0.379 e. The van der Waals surface area contributed by atoms with Gasteiger partial charge in [-0.05, 0) is 37.5 Å². The van der Waals surface area contributed by atoms with E-state index in [1.807, 2.05) is 26.2 Å². The van der Waals surface area contributed by atoms with Crippen molar-refractivity contribution >= 4 is 39.1 Å². The first kappa shape index (κ1) is 32.2. The Kier molecular flexibility index (Phi) is 8.78. The number of alkyl halides is 3. The first-order valence-corrected chi connectivity index (χ1v) is 14.6. The first-order valence-electron chi connectivity index (χ1n) is 13.7. The standard InChI is InChI=1S/C29H33F3N6O4S/c1-7-8-16-13-43-19-12-34-37-18(20(16)19)10-9-17(11-33)35-24(39)22-23-27(3,4)28(23,5)14-38(22)25(40)21(15(2)42-6)36-26(41)29(30,31)32/h12-13,15,17,21-23H,9-10,14H2,1-6H3,(H,35,39)(H,36,41)/t15-,17?,21+,22+,23+,28?/m1/s1. The molecule has 2 unspecified atom stereocenters. The Morgan fingerprint density at radius 2 is 1.98 bits per heavy atom. The van der Waals surface area contributed by atoms with Crippen LogP contribution in [0, 0.1) is 39.9 Å². The number of nitriles is 1. The van der Waals surface area contributed by atoms with Crippen molar-refractivity contribution in [2.24, 2.45) is 16.7 Å². The van der Waals surface area contributed by atoms with E-state index in [1.165, 1.54) is 30.3 Å². The van der Waals surface area contributed by atoms with Crippen LogP contribution in [0.3, 0.4) is 0 Å². The molecule has 2 aliphatic rings. The number of hydrogen-bond acceptors (Lipinski definition) is 8. The lowest BCUT2D eigenvalue weighted by molar-refractivity contribution is -0.176. The molecule has 43 heavy (non-hydrogen) atoms. The predicted octanol–water partition coefficient (Wildman–Crippen LogP) is 2.96. The van der Waals surface area contributed by atoms with Crippen LogP contribution in [0.4, 0.5) is 13.2 Å². The maximum Gasteiger partial charge on any atom is 0.471 e. The average molecular weight is 619 g/mol. The summed E-state index contributed by atoms with van der Waals surface area (Å²) in [4.78, 5) is 40.4. The molecule has 0 bridgehead atoms. The molecule has 1 aliphatic heterocycles. The highest BCUT2D eigenvalue weighted by Gasteiger charge is 2.77. The van der Waals surface area contributed by atoms with Gasteiger partial charge in [-0.3, -0.25) is 14.4 Å². The third-order valence-corrected chi connectivity index (χ3v) is 9.99. The van der Waals surface area contributed by atoms with E-state index >= 15 is 0 Å². The second-order valence-electron chi connectivity index (χ2n) is 11.7. The Bertz CT molecular complexity index is 1540. The summed E-state index contributed by atoms with van der Waals surface area (Å²) in [5.41, 5.74) is 0.587. The highest BCUT2D eigenvalue weighted by molar-refractivity contribution is 7.17. The van der Waals surface area contributed by atoms with Gasteiger partial charge in [0.15, 0.2) is 0 Å². The van der Waals surface area contributed by atoms with E-state index in [0.29, 0.717) is 12.1 Å². The van der Waals surface area contributed by atoms with Gasteiger partial charge >= 0.3 is 12.1 Å². The molecule has 6 atom stereocenters. The predicted molar refractivity (Wildman–Crippen MR) is 151 cm³/mol. The van der Waals surface area contributed by atoms with E-state index in [9.17, 15) is 32.8 Å². The SMILES string of the molecule is CC#Cc1csc2cnnc(CCC(C#N)NC(=O)[C@@H]3[C@H]4C(C)(C)C4(C)CN3C(=O)[C@@H](NC(=O)C(F)(F)F)[C@@H](C)OC)c12. The number of likely N-dealkylation sites (tertiary alicyclic amines) is 1. The third-order valence-electron chi connectivity index (χ3n) is 9.07. The number of ether oxygens (including phenoxy) is 1. The number of methoxy groups -OCH3 is 1. The van der Waals surface area contributed by atoms with Crippen molar-refractivity contribution in [3.05, 3.63) is 22.8 Å². The van der Waals surface area contributed by atoms with Gasteiger partial charge in [0.05, 0.1) is 28.8 Å². The van der Waals surface area contributed by atoms with Crippen molar-refractivity contribution in [3.8, 4) is 17.9 Å². The molecule has 4 rings (SSSR count). The zero-order valence-electron chi connectivity index (χ0n) is 24.6. The molecule has 0 aromatic carbocycles. The minimum atomic E-state index is -5.22. The van der Waals surface area contributed by atoms with Crippen molar-refractivity contribution in [1.82, 2.24) is 25.7 Å². The normalized spacial score (nSPS) is 24.1. The Balaban J connectivity index is 1.55. The number of rotatable bonds is 9. The molecule has 1 aliphatic carbocycles. The summed E-state index contributed by atoms with van der Waals surface area (Å²) >= 11 is 1.48. The van der Waals surface area contributed by atoms with Gasteiger partial charge < -0.3 is 20.3 Å². The number of carbonyl (C=O) groups is 3. The van der Waals surface area contributed by atoms with Crippen molar-refractivity contribution in [2.45, 2.75) is 77.9 Å². The van der Waals surface area contributed by atoms with Gasteiger partial charge in [-0.25, -0.2) is 0 Å². The van der Waals surface area contributed by atoms with Crippen molar-refractivity contribution < 1.29 is 32.3 Å². The van der Waals surface area contributed by atoms with Crippen LogP contribution in [0.1, 0.15) is 52.3 Å². The lowest BCUT2D eigenvalue weighted by atomic mass is 9.95. The zero-order chi connectivity index (χ0) is 31.9. The summed E-state index contributed by atoms with van der Waals surface area (Å²) in [5, 5.41) is 25.4. The maximum absolute atomic E-state index is 13.8. The van der Waals surface area contributed by atoms with Crippen LogP contribution in [0.25, 0.3) is 10.1 Å². The fourth-order valence-electron chi connectivity index (χ4n) is 6.30. The molecule has 2 aromatic rings. The van der Waals surface area contributed by atoms with Crippen molar-refractivity contribution in [2.75, 3.05) is 13.7 Å². The lowest BCUT2D eigenvalue weighted by Gasteiger charge is -2.35. The van der Waals surface area contributed by atoms with Crippen LogP contribution in [-0.2, 0) is 25.5 Å². The minimum Gasteiger partial charge on any atom is -0.379 e. The summed E-state index contributed by atoms with van der Waals surface area (Å²) in [5.74, 6) is 1.85. The first-order chi connectivity index (χ1) is 20.1. The molecule has 230 valence electrons. The molecule has 2 N–H and O–H groups in total. The Morgan fingerprint density at radius 3 is 2.58 bits per heavy atom. The molecule has 1 saturated heterocycles. The number of thiophene rings is 1. The molecule has 1 saturated carbocycles. The zero-order valence-corrected chi connectivity index (χ0v) is 25.4. The molecular weight excluding hydrogens is 585 g/mol. The van der Waals surface area contributed by atoms with E-state index < -0.39 is 53.5 Å². The maximum atomic E-state index is 13.8. The molecule has 14 heteroatoms. The number of fused-ring (bicyclic) bond motifs is 2. The number of hydrogen-bond donors (Lipinski definition) is 2. The van der Waals surface area contributed by atoms with Gasteiger partial charge in [0, 0.05) is 35.9 Å². The number of halogens is 3. The molecule has 0 spiro atoms. The number of piperidine rings is 1. The van der Waals surface area contributed by atoms with Gasteiger partial charge in [0.25, 0.3) is 0 Å². The van der Waals surface area contributed by atoms with Crippen LogP contribution in [0.15, 0.2) is 11.6 Å². The monoisotopic (exact) mass is 618 g/mol. The van der Waals surface area contributed by atoms with Gasteiger partial charge in [-0.15, -0.1) is 17.3 Å². The highest BCUT2D eigenvalue weighted by Crippen LogP contribution is 2.74. The van der Waals surface area contributed by atoms with E-state index in [4.69, 9.17) is 4.74 Å². The second kappa shape index (κ2) is 11.7. The van der Waals surface area contributed by atoms with Crippen molar-refractivity contribution in [1.29, 1.82) is 5.26 Å². The molecular formula is C29H33F3N6O4S. The molecule has 2 aromatic heterocycles. The molecule has 10 nitrogen and oxygen atoms in total. The average Bonchev–Trinajstić information content (AvgIpc) is 3.31. The summed E-state index contributed by atoms with van der Waals surface area (Å²) in [6.07, 6.45) is -4.18. The Morgan fingerprint density at radius 1 is 1.28 bits per heavy atom. The number of carbonyl (C=O) groups excluding carboxylic acids is 3. The van der Waals surface area contributed by atoms with Gasteiger partial charge in [-0.1, -0.05) is 26.7 Å². The fourth-order valence-corrected chi connectivity index (χ4v) is 7.17. The molecule has 2 fully saturated rings. The van der Waals surface area contributed by atoms with Gasteiger partial charge in [-0.2, -0.15) is 28.6 Å². The Hall–Kier alpha value is -3.75. The van der Waals surface area contributed by atoms with E-state index in [0.717, 1.165) is 15.6 Å². The number of nitrogens with zero attached hydrogens (tertiary/aromatic N) is 4. The van der Waals surface area contributed by atoms with Crippen LogP contribution >= 0.6 is 11.3 Å². The van der Waals surface area contributed by atoms with Crippen molar-refractivity contribution in [3.63, 3.8) is 0 Å². The molecule has 0 radical (unpaired) electrons. The van der Waals surface area contributed by atoms with Crippen LogP contribution in [0.2, 0.25) is 0 Å². The third kappa shape index (κ3) is 5.78. The topological polar surface area (TPSA) is 137 Å². The van der Waals surface area contributed by atoms with E-state index in [-0.39, 0.29) is 24.3 Å². The summed E-state index contributed by atoms with van der Waals surface area (Å²) in [6, 6.07) is -1.61. The molecule has 3 amide bonds. The quantitative estimate of drug-likeness (QED) is 0.413. The van der Waals surface area contributed by atoms with E-state index in [2.05, 4.69) is 33.4 Å². The van der Waals surface area contributed by atoms with Gasteiger partial charge in [0.1, 0.15) is 18.1 Å². The number of aryl methyl sites for hydroxylation is 1. The fraction of sp³-hybridized carbons (Fsp3) is 0.586. The van der Waals surface area contributed by atoms with E-state index in [1.54, 1.807) is 18.4 Å². The summed E-state index contributed by atoms with van der Waals surface area (Å²) < 4.78 is 45.2. The van der Waals surface area contributed by atoms with Crippen LogP contribution in [0.5, 0.6) is 0 Å². The van der Waals surface area contributed by atoms with Crippen LogP contribution < -0.4 is 10.6 Å². The number of nitrogens with one attached hydrogen (secondary N) is 2. The highest BCUT2D eigenvalue weighted by atomic mass is 32.1. The van der Waals surface area contributed by atoms with Crippen LogP contribution in [-0.4, -0.2) is 76.9 Å². The number of aromatic nitrogens is 2. The largest absolute Gasteiger partial charge is 0.471 e. The number of amides is 3. The summed E-state index contributed by atoms with van der Waals surface area (Å²) in [7, 11) is 1.21.